The number of fused-ring (bicyclic) bond motifs is 2. The summed E-state index contributed by atoms with van der Waals surface area (Å²) in [5.41, 5.74) is 1.82. The van der Waals surface area contributed by atoms with Crippen LogP contribution < -0.4 is 16.0 Å². The molecule has 1 aromatic heterocycles. The van der Waals surface area contributed by atoms with E-state index in [2.05, 4.69) is 26.0 Å². The highest BCUT2D eigenvalue weighted by Gasteiger charge is 2.41. The minimum absolute atomic E-state index is 0.109. The van der Waals surface area contributed by atoms with Crippen LogP contribution in [0.25, 0.3) is 0 Å². The first-order valence-electron chi connectivity index (χ1n) is 9.68. The number of ether oxygens (including phenoxy) is 1. The molecule has 2 aliphatic heterocycles. The molecule has 8 heteroatoms. The van der Waals surface area contributed by atoms with Gasteiger partial charge < -0.3 is 20.7 Å². The molecule has 2 aromatic rings. The van der Waals surface area contributed by atoms with Crippen LogP contribution in [0.15, 0.2) is 47.7 Å². The van der Waals surface area contributed by atoms with Crippen LogP contribution in [0.4, 0.5) is 5.69 Å². The standard InChI is InChI=1S/C20H26N6O2/c1-21-20(25-17-11-16-6-7-18(17)28-16)22-12-14-4-2-5-15(10-14)24-19(27)13-26-9-3-8-23-26/h2-5,8-10,16-18H,6-7,11-13H2,1H3,(H,24,27)(H2,21,22,25). The molecule has 2 saturated heterocycles. The average Bonchev–Trinajstić information content (AvgIpc) is 3.44. The van der Waals surface area contributed by atoms with Crippen LogP contribution in [0, 0.1) is 0 Å². The molecule has 1 amide bonds. The monoisotopic (exact) mass is 382 g/mol. The third kappa shape index (κ3) is 4.51. The van der Waals surface area contributed by atoms with Crippen LogP contribution in [0.5, 0.6) is 0 Å². The molecule has 0 radical (unpaired) electrons. The maximum atomic E-state index is 12.1. The van der Waals surface area contributed by atoms with Gasteiger partial charge in [0.05, 0.1) is 18.2 Å². The molecule has 2 fully saturated rings. The summed E-state index contributed by atoms with van der Waals surface area (Å²) in [5.74, 6) is 0.664. The van der Waals surface area contributed by atoms with Gasteiger partial charge in [-0.1, -0.05) is 12.1 Å². The van der Waals surface area contributed by atoms with Gasteiger partial charge in [0.1, 0.15) is 6.54 Å². The third-order valence-electron chi connectivity index (χ3n) is 5.19. The second kappa shape index (κ2) is 8.43. The number of carbonyl (C=O) groups is 1. The van der Waals surface area contributed by atoms with Crippen molar-refractivity contribution in [2.45, 2.75) is 50.6 Å². The normalized spacial score (nSPS) is 23.6. The number of rotatable bonds is 6. The molecule has 2 bridgehead atoms. The fourth-order valence-corrected chi connectivity index (χ4v) is 3.85. The van der Waals surface area contributed by atoms with E-state index in [0.29, 0.717) is 24.8 Å². The van der Waals surface area contributed by atoms with Crippen LogP contribution in [0.1, 0.15) is 24.8 Å². The molecule has 3 N–H and O–H groups in total. The van der Waals surface area contributed by atoms with Gasteiger partial charge in [0.15, 0.2) is 5.96 Å². The van der Waals surface area contributed by atoms with Crippen molar-refractivity contribution >= 4 is 17.6 Å². The van der Waals surface area contributed by atoms with E-state index in [9.17, 15) is 4.79 Å². The Morgan fingerprint density at radius 1 is 1.36 bits per heavy atom. The van der Waals surface area contributed by atoms with Crippen molar-refractivity contribution in [1.29, 1.82) is 0 Å². The Morgan fingerprint density at radius 3 is 3.00 bits per heavy atom. The summed E-state index contributed by atoms with van der Waals surface area (Å²) in [7, 11) is 1.77. The highest BCUT2D eigenvalue weighted by atomic mass is 16.5. The van der Waals surface area contributed by atoms with Crippen molar-refractivity contribution in [2.24, 2.45) is 4.99 Å². The maximum Gasteiger partial charge on any atom is 0.246 e. The lowest BCUT2D eigenvalue weighted by Crippen LogP contribution is -2.47. The predicted molar refractivity (Wildman–Crippen MR) is 107 cm³/mol. The highest BCUT2D eigenvalue weighted by molar-refractivity contribution is 5.90. The first-order chi connectivity index (χ1) is 13.7. The Kier molecular flexibility index (Phi) is 5.57. The number of anilines is 1. The van der Waals surface area contributed by atoms with Crippen LogP contribution >= 0.6 is 0 Å². The number of amides is 1. The number of carbonyl (C=O) groups excluding carboxylic acids is 1. The average molecular weight is 382 g/mol. The second-order valence-corrected chi connectivity index (χ2v) is 7.24. The maximum absolute atomic E-state index is 12.1. The van der Waals surface area contributed by atoms with Gasteiger partial charge in [-0.2, -0.15) is 5.10 Å². The lowest BCUT2D eigenvalue weighted by molar-refractivity contribution is -0.116. The Labute approximate surface area is 164 Å². The van der Waals surface area contributed by atoms with E-state index in [4.69, 9.17) is 4.74 Å². The van der Waals surface area contributed by atoms with E-state index in [0.717, 1.165) is 30.1 Å². The largest absolute Gasteiger partial charge is 0.373 e. The zero-order valence-electron chi connectivity index (χ0n) is 16.0. The zero-order chi connectivity index (χ0) is 19.3. The lowest BCUT2D eigenvalue weighted by Gasteiger charge is -2.22. The number of aromatic nitrogens is 2. The summed E-state index contributed by atoms with van der Waals surface area (Å²) in [6, 6.07) is 9.91. The Balaban J connectivity index is 1.28. The molecule has 2 aliphatic rings. The van der Waals surface area contributed by atoms with E-state index in [1.165, 1.54) is 6.42 Å². The van der Waals surface area contributed by atoms with Gasteiger partial charge in [-0.05, 0) is 43.0 Å². The number of hydrogen-bond donors (Lipinski definition) is 3. The van der Waals surface area contributed by atoms with Gasteiger partial charge in [0, 0.05) is 31.7 Å². The molecule has 0 spiro atoms. The number of nitrogens with zero attached hydrogens (tertiary/aromatic N) is 3. The SMILES string of the molecule is CN=C(NCc1cccc(NC(=O)Cn2cccn2)c1)NC1CC2CCC1O2. The molecular formula is C20H26N6O2. The molecule has 3 heterocycles. The summed E-state index contributed by atoms with van der Waals surface area (Å²) in [5, 5.41) is 13.8. The summed E-state index contributed by atoms with van der Waals surface area (Å²) in [4.78, 5) is 16.5. The van der Waals surface area contributed by atoms with Gasteiger partial charge in [0.25, 0.3) is 0 Å². The number of benzene rings is 1. The summed E-state index contributed by atoms with van der Waals surface area (Å²) in [6.07, 6.45) is 7.47. The van der Waals surface area contributed by atoms with E-state index >= 15 is 0 Å². The van der Waals surface area contributed by atoms with Crippen molar-refractivity contribution in [3.05, 3.63) is 48.3 Å². The number of aliphatic imine (C=N–C) groups is 1. The zero-order valence-corrected chi connectivity index (χ0v) is 16.0. The molecule has 1 aromatic carbocycles. The fourth-order valence-electron chi connectivity index (χ4n) is 3.85. The minimum atomic E-state index is -0.109. The van der Waals surface area contributed by atoms with Gasteiger partial charge in [0.2, 0.25) is 5.91 Å². The van der Waals surface area contributed by atoms with Crippen LogP contribution in [0.3, 0.4) is 0 Å². The molecule has 3 unspecified atom stereocenters. The quantitative estimate of drug-likeness (QED) is 0.520. The molecule has 0 aliphatic carbocycles. The number of hydrogen-bond acceptors (Lipinski definition) is 4. The second-order valence-electron chi connectivity index (χ2n) is 7.24. The van der Waals surface area contributed by atoms with E-state index in [-0.39, 0.29) is 12.5 Å². The van der Waals surface area contributed by atoms with Crippen LogP contribution in [-0.4, -0.2) is 46.9 Å². The molecule has 28 heavy (non-hydrogen) atoms. The smallest absolute Gasteiger partial charge is 0.246 e. The van der Waals surface area contributed by atoms with Gasteiger partial charge in [-0.15, -0.1) is 0 Å². The number of nitrogens with one attached hydrogen (secondary N) is 3. The first-order valence-corrected chi connectivity index (χ1v) is 9.68. The lowest BCUT2D eigenvalue weighted by atomic mass is 9.96. The molecule has 148 valence electrons. The molecule has 8 nitrogen and oxygen atoms in total. The minimum Gasteiger partial charge on any atom is -0.373 e. The van der Waals surface area contributed by atoms with Crippen molar-refractivity contribution in [2.75, 3.05) is 12.4 Å². The van der Waals surface area contributed by atoms with Crippen molar-refractivity contribution in [3.8, 4) is 0 Å². The van der Waals surface area contributed by atoms with Crippen LogP contribution in [-0.2, 0) is 22.6 Å². The Morgan fingerprint density at radius 2 is 2.29 bits per heavy atom. The van der Waals surface area contributed by atoms with Crippen molar-refractivity contribution < 1.29 is 9.53 Å². The summed E-state index contributed by atoms with van der Waals surface area (Å²) >= 11 is 0. The summed E-state index contributed by atoms with van der Waals surface area (Å²) < 4.78 is 7.48. The predicted octanol–water partition coefficient (Wildman–Crippen LogP) is 1.51. The highest BCUT2D eigenvalue weighted by Crippen LogP contribution is 2.34. The van der Waals surface area contributed by atoms with E-state index < -0.39 is 0 Å². The Hall–Kier alpha value is -2.87. The number of guanidine groups is 1. The fraction of sp³-hybridized carbons (Fsp3) is 0.450. The molecular weight excluding hydrogens is 356 g/mol. The topological polar surface area (TPSA) is 92.6 Å². The van der Waals surface area contributed by atoms with Gasteiger partial charge >= 0.3 is 0 Å². The third-order valence-corrected chi connectivity index (χ3v) is 5.19. The van der Waals surface area contributed by atoms with Crippen molar-refractivity contribution in [1.82, 2.24) is 20.4 Å². The Bertz CT molecular complexity index is 835. The van der Waals surface area contributed by atoms with Gasteiger partial charge in [-0.25, -0.2) is 0 Å². The van der Waals surface area contributed by atoms with Crippen molar-refractivity contribution in [3.63, 3.8) is 0 Å². The molecule has 3 atom stereocenters. The molecule has 4 rings (SSSR count). The first kappa shape index (κ1) is 18.5. The van der Waals surface area contributed by atoms with E-state index in [1.807, 2.05) is 24.3 Å². The van der Waals surface area contributed by atoms with E-state index in [1.54, 1.807) is 30.2 Å². The van der Waals surface area contributed by atoms with Crippen LogP contribution in [0.2, 0.25) is 0 Å². The molecule has 0 saturated carbocycles. The van der Waals surface area contributed by atoms with Gasteiger partial charge in [-0.3, -0.25) is 14.5 Å². The summed E-state index contributed by atoms with van der Waals surface area (Å²) in [6.45, 7) is 0.807.